The van der Waals surface area contributed by atoms with Gasteiger partial charge in [0.05, 0.1) is 14.2 Å². The Balaban J connectivity index is 1.43. The van der Waals surface area contributed by atoms with E-state index in [-0.39, 0.29) is 22.8 Å². The van der Waals surface area contributed by atoms with Crippen LogP contribution >= 0.6 is 0 Å². The second kappa shape index (κ2) is 13.5. The van der Waals surface area contributed by atoms with Gasteiger partial charge in [-0.05, 0) is 0 Å². The summed E-state index contributed by atoms with van der Waals surface area (Å²) < 4.78 is 33.2. The Kier molecular flexibility index (Phi) is 9.48. The molecule has 13 heteroatoms. The van der Waals surface area contributed by atoms with Gasteiger partial charge in [-0.25, -0.2) is 0 Å². The summed E-state index contributed by atoms with van der Waals surface area (Å²) in [4.78, 5) is 16.8. The number of hydrogen-bond donors (Lipinski definition) is 2. The number of rotatable bonds is 11. The van der Waals surface area contributed by atoms with Crippen LogP contribution in [0.5, 0.6) is 11.5 Å². The van der Waals surface area contributed by atoms with Crippen LogP contribution in [0.2, 0.25) is 18.1 Å². The van der Waals surface area contributed by atoms with E-state index in [9.17, 15) is 9.90 Å². The van der Waals surface area contributed by atoms with Crippen LogP contribution < -0.4 is 15.0 Å². The summed E-state index contributed by atoms with van der Waals surface area (Å²) in [5.41, 5.74) is 1.31. The fourth-order valence-electron chi connectivity index (χ4n) is 6.08. The maximum atomic E-state index is 12.5. The SMILES string of the molecule is COc1ccc(C(OC[C@H]2O[C@@H](n3cnc4c(=O)[nH]nnc43)[C@H](O[SiH-](C)(C)C(C)(C)C)[C@@H]2O)(c2ccccc2)c2ccc(OC)cc2)cc1. The van der Waals surface area contributed by atoms with Crippen molar-refractivity contribution in [3.05, 3.63) is 112 Å². The van der Waals surface area contributed by atoms with Crippen LogP contribution in [-0.2, 0) is 19.5 Å². The summed E-state index contributed by atoms with van der Waals surface area (Å²) in [6.45, 7) is 10.7. The number of methoxy groups -OCH3 is 2. The Bertz CT molecular complexity index is 1880. The number of aromatic nitrogens is 5. The van der Waals surface area contributed by atoms with Crippen molar-refractivity contribution in [3.8, 4) is 11.5 Å². The number of nitrogens with one attached hydrogen (secondary N) is 1. The van der Waals surface area contributed by atoms with Crippen molar-refractivity contribution in [1.82, 2.24) is 25.0 Å². The Morgan fingerprint density at radius 1 is 0.898 bits per heavy atom. The van der Waals surface area contributed by atoms with E-state index in [4.69, 9.17) is 23.4 Å². The predicted octanol–water partition coefficient (Wildman–Crippen LogP) is 4.92. The quantitative estimate of drug-likeness (QED) is 0.145. The number of fused-ring (bicyclic) bond motifs is 1. The van der Waals surface area contributed by atoms with Gasteiger partial charge in [-0.1, -0.05) is 0 Å². The van der Waals surface area contributed by atoms with E-state index in [1.807, 2.05) is 78.9 Å². The molecule has 5 aromatic rings. The maximum absolute atomic E-state index is 12.5. The van der Waals surface area contributed by atoms with E-state index in [0.29, 0.717) is 11.5 Å². The van der Waals surface area contributed by atoms with Crippen LogP contribution in [0, 0.1) is 0 Å². The number of benzene rings is 3. The van der Waals surface area contributed by atoms with Gasteiger partial charge in [0, 0.05) is 0 Å². The molecule has 2 aromatic heterocycles. The molecule has 49 heavy (non-hydrogen) atoms. The number of imidazole rings is 1. The zero-order valence-corrected chi connectivity index (χ0v) is 30.0. The summed E-state index contributed by atoms with van der Waals surface area (Å²) in [5.74, 6) is 1.41. The zero-order chi connectivity index (χ0) is 35.0. The van der Waals surface area contributed by atoms with Crippen molar-refractivity contribution in [2.45, 2.75) is 69.0 Å². The van der Waals surface area contributed by atoms with Crippen LogP contribution in [0.25, 0.3) is 11.2 Å². The summed E-state index contributed by atoms with van der Waals surface area (Å²) in [7, 11) is 0.453. The van der Waals surface area contributed by atoms with Crippen molar-refractivity contribution in [2.75, 3.05) is 20.8 Å². The molecular weight excluding hydrogens is 643 g/mol. The first-order chi connectivity index (χ1) is 23.4. The fraction of sp³-hybridized carbons (Fsp3) is 0.389. The number of hydrogen-bond acceptors (Lipinski definition) is 10. The molecule has 0 bridgehead atoms. The number of aliphatic hydroxyl groups excluding tert-OH is 1. The normalized spacial score (nSPS) is 20.4. The molecule has 0 unspecified atom stereocenters. The molecule has 1 saturated heterocycles. The van der Waals surface area contributed by atoms with Gasteiger partial charge in [-0.15, -0.1) is 0 Å². The Hall–Kier alpha value is -4.40. The first-order valence-corrected chi connectivity index (χ1v) is 19.8. The third-order valence-corrected chi connectivity index (χ3v) is 15.3. The molecule has 1 fully saturated rings. The fourth-order valence-corrected chi connectivity index (χ4v) is 7.57. The average Bonchev–Trinajstić information content (AvgIpc) is 3.66. The molecule has 0 radical (unpaired) electrons. The standard InChI is InChI=1S/C36H44N5O7Si/c1-35(2,3)49(6,7)48-31-30(42)28(47-34(31)41-22-37-29-32(41)38-40-39-33(29)43)21-46-36(23-11-9-8-10-12-23,24-13-17-26(44-4)18-14-24)25-15-19-27(45-5)20-16-25/h8-20,22,28,30-31,34,42,49H,21H2,1-7H3,(H,38,39,43)/q-1/t28-,30-,31-,34-/m1/s1. The number of aliphatic hydroxyl groups is 1. The summed E-state index contributed by atoms with van der Waals surface area (Å²) in [6, 6.07) is 25.4. The van der Waals surface area contributed by atoms with Crippen molar-refractivity contribution < 1.29 is 28.5 Å². The molecule has 4 atom stereocenters. The van der Waals surface area contributed by atoms with E-state index < -0.39 is 44.0 Å². The van der Waals surface area contributed by atoms with E-state index in [1.165, 1.54) is 6.33 Å². The summed E-state index contributed by atoms with van der Waals surface area (Å²) in [6.07, 6.45) is -2.13. The molecule has 0 amide bonds. The Morgan fingerprint density at radius 3 is 2.02 bits per heavy atom. The summed E-state index contributed by atoms with van der Waals surface area (Å²) in [5, 5.41) is 22.1. The first kappa shape index (κ1) is 34.5. The second-order valence-electron chi connectivity index (χ2n) is 14.0. The van der Waals surface area contributed by atoms with Crippen molar-refractivity contribution >= 4 is 19.5 Å². The number of ether oxygens (including phenoxy) is 4. The van der Waals surface area contributed by atoms with Crippen molar-refractivity contribution in [2.24, 2.45) is 0 Å². The minimum atomic E-state index is -2.80. The van der Waals surface area contributed by atoms with Gasteiger partial charge in [-0.2, -0.15) is 0 Å². The average molecular weight is 687 g/mol. The van der Waals surface area contributed by atoms with Crippen molar-refractivity contribution in [3.63, 3.8) is 0 Å². The van der Waals surface area contributed by atoms with Gasteiger partial charge < -0.3 is 0 Å². The van der Waals surface area contributed by atoms with Crippen LogP contribution in [0.3, 0.4) is 0 Å². The molecule has 0 aliphatic carbocycles. The number of nitrogens with zero attached hydrogens (tertiary/aromatic N) is 4. The van der Waals surface area contributed by atoms with Gasteiger partial charge in [-0.3, -0.25) is 0 Å². The second-order valence-corrected chi connectivity index (χ2v) is 19.5. The number of H-pyrrole nitrogens is 1. The molecule has 3 aromatic carbocycles. The van der Waals surface area contributed by atoms with Crippen LogP contribution in [-0.4, -0.2) is 77.5 Å². The molecule has 2 N–H and O–H groups in total. The monoisotopic (exact) mass is 686 g/mol. The first-order valence-electron chi connectivity index (χ1n) is 16.4. The predicted molar refractivity (Wildman–Crippen MR) is 188 cm³/mol. The molecule has 1 aliphatic heterocycles. The van der Waals surface area contributed by atoms with Crippen molar-refractivity contribution in [1.29, 1.82) is 0 Å². The van der Waals surface area contributed by atoms with Gasteiger partial charge in [0.2, 0.25) is 0 Å². The molecular formula is C36H44N5O7Si-. The Morgan fingerprint density at radius 2 is 1.47 bits per heavy atom. The van der Waals surface area contributed by atoms with E-state index in [1.54, 1.807) is 18.8 Å². The molecule has 1 aliphatic rings. The van der Waals surface area contributed by atoms with Crippen LogP contribution in [0.1, 0.15) is 43.7 Å². The van der Waals surface area contributed by atoms with Crippen LogP contribution in [0.4, 0.5) is 0 Å². The minimum absolute atomic E-state index is 0.0238. The third kappa shape index (κ3) is 6.40. The molecule has 3 heterocycles. The molecule has 0 saturated carbocycles. The topological polar surface area (TPSA) is 143 Å². The van der Waals surface area contributed by atoms with Gasteiger partial charge in [0.1, 0.15) is 0 Å². The van der Waals surface area contributed by atoms with E-state index in [2.05, 4.69) is 54.3 Å². The zero-order valence-electron chi connectivity index (χ0n) is 28.9. The Labute approximate surface area is 286 Å². The third-order valence-electron chi connectivity index (χ3n) is 10.1. The van der Waals surface area contributed by atoms with Crippen LogP contribution in [0.15, 0.2) is 90.0 Å². The van der Waals surface area contributed by atoms with Gasteiger partial charge in [0.25, 0.3) is 0 Å². The summed E-state index contributed by atoms with van der Waals surface area (Å²) >= 11 is 0. The number of aromatic amines is 1. The molecule has 260 valence electrons. The molecule has 0 spiro atoms. The van der Waals surface area contributed by atoms with Gasteiger partial charge in [0.15, 0.2) is 0 Å². The van der Waals surface area contributed by atoms with Gasteiger partial charge >= 0.3 is 272 Å². The van der Waals surface area contributed by atoms with E-state index >= 15 is 0 Å². The van der Waals surface area contributed by atoms with E-state index in [0.717, 1.165) is 16.7 Å². The molecule has 6 rings (SSSR count). The molecule has 12 nitrogen and oxygen atoms in total.